The van der Waals surface area contributed by atoms with Crippen molar-refractivity contribution in [3.63, 3.8) is 0 Å². The molecule has 0 bridgehead atoms. The normalized spacial score (nSPS) is 10.9. The van der Waals surface area contributed by atoms with Crippen LogP contribution >= 0.6 is 0 Å². The standard InChI is InChI=1S/C23H27N3O3/c1-16(2)15-26(23(27)19-7-5-17(3)6-8-19)14-13-21-24-22(25-29-21)18-9-11-20(28-4)12-10-18/h5-12,16H,13-15H2,1-4H3. The van der Waals surface area contributed by atoms with Crippen LogP contribution in [0.25, 0.3) is 11.4 Å². The van der Waals surface area contributed by atoms with E-state index in [0.717, 1.165) is 16.9 Å². The highest BCUT2D eigenvalue weighted by Gasteiger charge is 2.18. The number of aromatic nitrogens is 2. The highest BCUT2D eigenvalue weighted by Crippen LogP contribution is 2.20. The van der Waals surface area contributed by atoms with E-state index in [9.17, 15) is 4.79 Å². The molecule has 2 aromatic carbocycles. The lowest BCUT2D eigenvalue weighted by molar-refractivity contribution is 0.0734. The van der Waals surface area contributed by atoms with Crippen molar-refractivity contribution in [1.29, 1.82) is 0 Å². The van der Waals surface area contributed by atoms with Crippen molar-refractivity contribution < 1.29 is 14.1 Å². The summed E-state index contributed by atoms with van der Waals surface area (Å²) in [6.07, 6.45) is 0.507. The van der Waals surface area contributed by atoms with Crippen LogP contribution in [-0.2, 0) is 6.42 Å². The number of benzene rings is 2. The Morgan fingerprint density at radius 1 is 1.10 bits per heavy atom. The largest absolute Gasteiger partial charge is 0.497 e. The molecule has 3 aromatic rings. The van der Waals surface area contributed by atoms with E-state index < -0.39 is 0 Å². The van der Waals surface area contributed by atoms with Gasteiger partial charge in [0.2, 0.25) is 11.7 Å². The fraction of sp³-hybridized carbons (Fsp3) is 0.348. The molecule has 0 aliphatic heterocycles. The van der Waals surface area contributed by atoms with Crippen molar-refractivity contribution in [2.24, 2.45) is 5.92 Å². The average Bonchev–Trinajstić information content (AvgIpc) is 3.20. The Bertz CT molecular complexity index is 931. The molecule has 1 amide bonds. The molecular formula is C23H27N3O3. The molecule has 152 valence electrons. The Labute approximate surface area is 171 Å². The van der Waals surface area contributed by atoms with Crippen molar-refractivity contribution in [3.8, 4) is 17.1 Å². The van der Waals surface area contributed by atoms with Crippen LogP contribution < -0.4 is 4.74 Å². The highest BCUT2D eigenvalue weighted by atomic mass is 16.5. The lowest BCUT2D eigenvalue weighted by Gasteiger charge is -2.24. The number of methoxy groups -OCH3 is 1. The zero-order chi connectivity index (χ0) is 20.8. The van der Waals surface area contributed by atoms with E-state index in [1.54, 1.807) is 7.11 Å². The van der Waals surface area contributed by atoms with Crippen LogP contribution in [0.1, 0.15) is 35.7 Å². The summed E-state index contributed by atoms with van der Waals surface area (Å²) in [6, 6.07) is 15.2. The number of amides is 1. The second-order valence-electron chi connectivity index (χ2n) is 7.50. The van der Waals surface area contributed by atoms with E-state index in [1.807, 2.05) is 60.4 Å². The van der Waals surface area contributed by atoms with Gasteiger partial charge in [-0.25, -0.2) is 0 Å². The molecule has 6 heteroatoms. The van der Waals surface area contributed by atoms with Gasteiger partial charge in [-0.1, -0.05) is 36.7 Å². The minimum atomic E-state index is 0.0218. The highest BCUT2D eigenvalue weighted by molar-refractivity contribution is 5.94. The Kier molecular flexibility index (Phi) is 6.65. The predicted octanol–water partition coefficient (Wildman–Crippen LogP) is 4.39. The number of nitrogens with zero attached hydrogens (tertiary/aromatic N) is 3. The second-order valence-corrected chi connectivity index (χ2v) is 7.50. The van der Waals surface area contributed by atoms with Gasteiger partial charge in [0.1, 0.15) is 5.75 Å². The second kappa shape index (κ2) is 9.37. The molecule has 1 heterocycles. The van der Waals surface area contributed by atoms with Crippen LogP contribution in [0.4, 0.5) is 0 Å². The van der Waals surface area contributed by atoms with Crippen LogP contribution in [-0.4, -0.2) is 41.1 Å². The van der Waals surface area contributed by atoms with Crippen molar-refractivity contribution in [2.45, 2.75) is 27.2 Å². The quantitative estimate of drug-likeness (QED) is 0.568. The summed E-state index contributed by atoms with van der Waals surface area (Å²) in [7, 11) is 1.63. The molecule has 0 fully saturated rings. The fourth-order valence-electron chi connectivity index (χ4n) is 3.04. The molecule has 0 atom stereocenters. The zero-order valence-electron chi connectivity index (χ0n) is 17.4. The fourth-order valence-corrected chi connectivity index (χ4v) is 3.04. The van der Waals surface area contributed by atoms with Gasteiger partial charge in [0.15, 0.2) is 0 Å². The molecule has 0 radical (unpaired) electrons. The summed E-state index contributed by atoms with van der Waals surface area (Å²) in [5, 5.41) is 4.06. The summed E-state index contributed by atoms with van der Waals surface area (Å²) in [6.45, 7) is 7.41. The molecule has 3 rings (SSSR count). The lowest BCUT2D eigenvalue weighted by atomic mass is 10.1. The lowest BCUT2D eigenvalue weighted by Crippen LogP contribution is -2.36. The van der Waals surface area contributed by atoms with Gasteiger partial charge in [-0.2, -0.15) is 4.98 Å². The molecule has 0 aliphatic rings. The molecule has 29 heavy (non-hydrogen) atoms. The predicted molar refractivity (Wildman–Crippen MR) is 112 cm³/mol. The SMILES string of the molecule is COc1ccc(-c2noc(CCN(CC(C)C)C(=O)c3ccc(C)cc3)n2)cc1. The van der Waals surface area contributed by atoms with E-state index in [2.05, 4.69) is 24.0 Å². The third-order valence-electron chi connectivity index (χ3n) is 4.58. The minimum Gasteiger partial charge on any atom is -0.497 e. The molecule has 0 saturated heterocycles. The van der Waals surface area contributed by atoms with Gasteiger partial charge >= 0.3 is 0 Å². The summed E-state index contributed by atoms with van der Waals surface area (Å²) in [5.41, 5.74) is 2.69. The maximum Gasteiger partial charge on any atom is 0.253 e. The number of carbonyl (C=O) groups excluding carboxylic acids is 1. The summed E-state index contributed by atoms with van der Waals surface area (Å²) in [4.78, 5) is 19.3. The molecule has 1 aromatic heterocycles. The van der Waals surface area contributed by atoms with E-state index in [4.69, 9.17) is 9.26 Å². The Morgan fingerprint density at radius 3 is 2.41 bits per heavy atom. The smallest absolute Gasteiger partial charge is 0.253 e. The first-order chi connectivity index (χ1) is 14.0. The number of hydrogen-bond donors (Lipinski definition) is 0. The first-order valence-corrected chi connectivity index (χ1v) is 9.79. The van der Waals surface area contributed by atoms with Crippen LogP contribution in [0.3, 0.4) is 0 Å². The Balaban J connectivity index is 1.68. The van der Waals surface area contributed by atoms with Crippen molar-refractivity contribution in [3.05, 3.63) is 65.5 Å². The molecule has 0 aliphatic carbocycles. The van der Waals surface area contributed by atoms with Crippen LogP contribution in [0, 0.1) is 12.8 Å². The van der Waals surface area contributed by atoms with E-state index in [-0.39, 0.29) is 5.91 Å². The van der Waals surface area contributed by atoms with Gasteiger partial charge in [0.05, 0.1) is 7.11 Å². The number of aryl methyl sites for hydroxylation is 1. The molecule has 0 N–H and O–H groups in total. The van der Waals surface area contributed by atoms with Crippen molar-refractivity contribution >= 4 is 5.91 Å². The van der Waals surface area contributed by atoms with Gasteiger partial charge in [0.25, 0.3) is 5.91 Å². The van der Waals surface area contributed by atoms with E-state index >= 15 is 0 Å². The van der Waals surface area contributed by atoms with Crippen LogP contribution in [0.5, 0.6) is 5.75 Å². The zero-order valence-corrected chi connectivity index (χ0v) is 17.4. The number of carbonyl (C=O) groups is 1. The van der Waals surface area contributed by atoms with E-state index in [0.29, 0.717) is 42.7 Å². The third kappa shape index (κ3) is 5.44. The van der Waals surface area contributed by atoms with Gasteiger partial charge in [-0.05, 0) is 49.2 Å². The molecule has 6 nitrogen and oxygen atoms in total. The maximum absolute atomic E-state index is 12.9. The van der Waals surface area contributed by atoms with E-state index in [1.165, 1.54) is 0 Å². The summed E-state index contributed by atoms with van der Waals surface area (Å²) < 4.78 is 10.6. The average molecular weight is 393 g/mol. The molecule has 0 spiro atoms. The number of rotatable bonds is 8. The Hall–Kier alpha value is -3.15. The van der Waals surface area contributed by atoms with Crippen LogP contribution in [0.15, 0.2) is 53.1 Å². The van der Waals surface area contributed by atoms with Crippen molar-refractivity contribution in [1.82, 2.24) is 15.0 Å². The van der Waals surface area contributed by atoms with Crippen molar-refractivity contribution in [2.75, 3.05) is 20.2 Å². The van der Waals surface area contributed by atoms with Crippen LogP contribution in [0.2, 0.25) is 0 Å². The van der Waals surface area contributed by atoms with Gasteiger partial charge < -0.3 is 14.2 Å². The molecular weight excluding hydrogens is 366 g/mol. The Morgan fingerprint density at radius 2 is 1.79 bits per heavy atom. The van der Waals surface area contributed by atoms with Gasteiger partial charge in [-0.15, -0.1) is 0 Å². The minimum absolute atomic E-state index is 0.0218. The monoisotopic (exact) mass is 393 g/mol. The van der Waals surface area contributed by atoms with Gasteiger partial charge in [0, 0.05) is 30.6 Å². The first kappa shape index (κ1) is 20.6. The molecule has 0 unspecified atom stereocenters. The topological polar surface area (TPSA) is 68.5 Å². The van der Waals surface area contributed by atoms with Gasteiger partial charge in [-0.3, -0.25) is 4.79 Å². The molecule has 0 saturated carbocycles. The number of hydrogen-bond acceptors (Lipinski definition) is 5. The summed E-state index contributed by atoms with van der Waals surface area (Å²) in [5.74, 6) is 2.20. The first-order valence-electron chi connectivity index (χ1n) is 9.79. The maximum atomic E-state index is 12.9. The number of ether oxygens (including phenoxy) is 1. The third-order valence-corrected chi connectivity index (χ3v) is 4.58. The summed E-state index contributed by atoms with van der Waals surface area (Å²) >= 11 is 0.